The Morgan fingerprint density at radius 3 is 0.882 bits per heavy atom. The van der Waals surface area contributed by atoms with Crippen LogP contribution in [0.15, 0.2) is 0 Å². The third-order valence-corrected chi connectivity index (χ3v) is 2.79. The fraction of sp³-hybridized carbons (Fsp3) is 1.00. The molecule has 0 radical (unpaired) electrons. The lowest BCUT2D eigenvalue weighted by Gasteiger charge is -2.38. The fourth-order valence-electron chi connectivity index (χ4n) is 2.57. The van der Waals surface area contributed by atoms with Crippen molar-refractivity contribution in [3.05, 3.63) is 0 Å². The summed E-state index contributed by atoms with van der Waals surface area (Å²) in [6, 6.07) is 0. The van der Waals surface area contributed by atoms with Crippen LogP contribution in [0.5, 0.6) is 0 Å². The van der Waals surface area contributed by atoms with Crippen molar-refractivity contribution in [2.24, 2.45) is 0 Å². The Bertz CT molecular complexity index is 112. The van der Waals surface area contributed by atoms with Gasteiger partial charge < -0.3 is 9.38 Å². The maximum atomic E-state index is 2.31. The number of hydrogen-bond donors (Lipinski definition) is 0. The molecule has 0 aliphatic carbocycles. The van der Waals surface area contributed by atoms with Crippen molar-refractivity contribution in [3.8, 4) is 0 Å². The molecule has 0 aromatic carbocycles. The zero-order valence-corrected chi connectivity index (χ0v) is 13.6. The predicted molar refractivity (Wildman–Crippen MR) is 80.5 cm³/mol. The lowest BCUT2D eigenvalue weighted by Crippen LogP contribution is -2.50. The molecule has 0 spiro atoms. The molecule has 2 nitrogen and oxygen atoms in total. The van der Waals surface area contributed by atoms with Crippen molar-refractivity contribution in [2.45, 2.75) is 53.4 Å². The maximum absolute atomic E-state index is 2.31. The van der Waals surface area contributed by atoms with Gasteiger partial charge in [-0.25, -0.2) is 0 Å². The summed E-state index contributed by atoms with van der Waals surface area (Å²) in [5.41, 5.74) is 0. The topological polar surface area (TPSA) is 3.24 Å². The van der Waals surface area contributed by atoms with E-state index in [1.807, 2.05) is 26.0 Å². The van der Waals surface area contributed by atoms with Gasteiger partial charge in [0.25, 0.3) is 0 Å². The molecule has 0 heterocycles. The number of quaternary nitrogens is 1. The minimum atomic E-state index is 1.33. The Kier molecular flexibility index (Phi) is 14.0. The average molecular weight is 245 g/mol. The Morgan fingerprint density at radius 1 is 0.588 bits per heavy atom. The molecule has 0 aromatic rings. The van der Waals surface area contributed by atoms with Crippen LogP contribution in [0, 0.1) is 0 Å². The second-order valence-corrected chi connectivity index (χ2v) is 5.58. The summed E-state index contributed by atoms with van der Waals surface area (Å²) in [7, 11) is 6.00. The van der Waals surface area contributed by atoms with Gasteiger partial charge in [-0.2, -0.15) is 0 Å². The van der Waals surface area contributed by atoms with Crippen LogP contribution in [0.4, 0.5) is 0 Å². The van der Waals surface area contributed by atoms with E-state index in [-0.39, 0.29) is 0 Å². The highest BCUT2D eigenvalue weighted by molar-refractivity contribution is 4.43. The fourth-order valence-corrected chi connectivity index (χ4v) is 2.57. The first-order chi connectivity index (χ1) is 7.97. The van der Waals surface area contributed by atoms with Gasteiger partial charge in [0.1, 0.15) is 0 Å². The standard InChI is InChI=1S/C12H28N.C3H9N/c1-5-9-13(10-6-2,11-7-3)12-8-4;1-4(2)3/h5-12H2,1-4H3;1-3H3/q+1;. The van der Waals surface area contributed by atoms with Gasteiger partial charge in [0.05, 0.1) is 26.2 Å². The lowest BCUT2D eigenvalue weighted by molar-refractivity contribution is -0.928. The van der Waals surface area contributed by atoms with Crippen LogP contribution in [0.1, 0.15) is 53.4 Å². The van der Waals surface area contributed by atoms with E-state index in [0.717, 1.165) is 0 Å². The van der Waals surface area contributed by atoms with Crippen LogP contribution >= 0.6 is 0 Å². The van der Waals surface area contributed by atoms with Gasteiger partial charge in [-0.3, -0.25) is 0 Å². The summed E-state index contributed by atoms with van der Waals surface area (Å²) in [5.74, 6) is 0. The molecule has 0 rings (SSSR count). The normalized spacial score (nSPS) is 11.3. The molecule has 2 heteroatoms. The Balaban J connectivity index is 0. The van der Waals surface area contributed by atoms with Crippen molar-refractivity contribution in [1.82, 2.24) is 4.90 Å². The SMILES string of the molecule is CCC[N+](CCC)(CCC)CCC.CN(C)C. The number of hydrogen-bond acceptors (Lipinski definition) is 1. The summed E-state index contributed by atoms with van der Waals surface area (Å²) in [6.45, 7) is 14.8. The van der Waals surface area contributed by atoms with Crippen LogP contribution in [-0.4, -0.2) is 56.7 Å². The van der Waals surface area contributed by atoms with Crippen LogP contribution < -0.4 is 0 Å². The molecule has 0 atom stereocenters. The third kappa shape index (κ3) is 12.2. The summed E-state index contributed by atoms with van der Waals surface area (Å²) < 4.78 is 1.38. The minimum absolute atomic E-state index is 1.33. The quantitative estimate of drug-likeness (QED) is 0.590. The molecule has 0 saturated heterocycles. The number of rotatable bonds is 8. The Morgan fingerprint density at radius 2 is 0.765 bits per heavy atom. The molecule has 0 N–H and O–H groups in total. The zero-order chi connectivity index (χ0) is 13.7. The van der Waals surface area contributed by atoms with Gasteiger partial charge in [0.15, 0.2) is 0 Å². The zero-order valence-electron chi connectivity index (χ0n) is 13.6. The molecule has 17 heavy (non-hydrogen) atoms. The first kappa shape index (κ1) is 19.3. The molecule has 0 saturated carbocycles. The van der Waals surface area contributed by atoms with Crippen LogP contribution in [-0.2, 0) is 0 Å². The maximum Gasteiger partial charge on any atom is 0.0783 e. The van der Waals surface area contributed by atoms with E-state index >= 15 is 0 Å². The molecule has 0 fully saturated rings. The molecule has 0 aliphatic rings. The predicted octanol–water partition coefficient (Wildman–Crippen LogP) is 3.62. The highest BCUT2D eigenvalue weighted by atomic mass is 15.3. The van der Waals surface area contributed by atoms with Crippen molar-refractivity contribution in [3.63, 3.8) is 0 Å². The molecule has 0 aromatic heterocycles. The molecule has 0 aliphatic heterocycles. The second-order valence-electron chi connectivity index (χ2n) is 5.58. The van der Waals surface area contributed by atoms with Crippen molar-refractivity contribution >= 4 is 0 Å². The summed E-state index contributed by atoms with van der Waals surface area (Å²) >= 11 is 0. The van der Waals surface area contributed by atoms with E-state index in [4.69, 9.17) is 0 Å². The summed E-state index contributed by atoms with van der Waals surface area (Å²) in [4.78, 5) is 2.00. The Hall–Kier alpha value is -0.0800. The van der Waals surface area contributed by atoms with E-state index < -0.39 is 0 Å². The van der Waals surface area contributed by atoms with E-state index in [0.29, 0.717) is 0 Å². The van der Waals surface area contributed by atoms with E-state index in [1.165, 1.54) is 56.3 Å². The molecular weight excluding hydrogens is 208 g/mol. The molecule has 0 amide bonds. The largest absolute Gasteiger partial charge is 0.324 e. The Labute approximate surface area is 111 Å². The van der Waals surface area contributed by atoms with Crippen molar-refractivity contribution in [1.29, 1.82) is 0 Å². The van der Waals surface area contributed by atoms with Crippen molar-refractivity contribution in [2.75, 3.05) is 47.3 Å². The summed E-state index contributed by atoms with van der Waals surface area (Å²) in [6.07, 6.45) is 5.33. The van der Waals surface area contributed by atoms with Gasteiger partial charge in [0, 0.05) is 0 Å². The van der Waals surface area contributed by atoms with Crippen LogP contribution in [0.3, 0.4) is 0 Å². The average Bonchev–Trinajstić information content (AvgIpc) is 2.18. The van der Waals surface area contributed by atoms with Crippen LogP contribution in [0.2, 0.25) is 0 Å². The van der Waals surface area contributed by atoms with E-state index in [1.54, 1.807) is 0 Å². The monoisotopic (exact) mass is 245 g/mol. The van der Waals surface area contributed by atoms with Crippen molar-refractivity contribution < 1.29 is 4.48 Å². The smallest absolute Gasteiger partial charge is 0.0783 e. The minimum Gasteiger partial charge on any atom is -0.324 e. The molecular formula is C15H37N2+. The highest BCUT2D eigenvalue weighted by Crippen LogP contribution is 2.12. The second kappa shape index (κ2) is 12.4. The van der Waals surface area contributed by atoms with Gasteiger partial charge in [0.2, 0.25) is 0 Å². The first-order valence-corrected chi connectivity index (χ1v) is 7.43. The van der Waals surface area contributed by atoms with E-state index in [9.17, 15) is 0 Å². The highest BCUT2D eigenvalue weighted by Gasteiger charge is 2.22. The number of nitrogens with zero attached hydrogens (tertiary/aromatic N) is 2. The lowest BCUT2D eigenvalue weighted by atomic mass is 10.2. The molecule has 0 unspecified atom stereocenters. The molecule has 106 valence electrons. The van der Waals surface area contributed by atoms with Gasteiger partial charge in [-0.1, -0.05) is 27.7 Å². The third-order valence-electron chi connectivity index (χ3n) is 2.79. The molecule has 0 bridgehead atoms. The van der Waals surface area contributed by atoms with Crippen LogP contribution in [0.25, 0.3) is 0 Å². The van der Waals surface area contributed by atoms with Gasteiger partial charge in [-0.15, -0.1) is 0 Å². The van der Waals surface area contributed by atoms with Gasteiger partial charge >= 0.3 is 0 Å². The summed E-state index contributed by atoms with van der Waals surface area (Å²) in [5, 5.41) is 0. The van der Waals surface area contributed by atoms with Gasteiger partial charge in [-0.05, 0) is 46.8 Å². The van der Waals surface area contributed by atoms with E-state index in [2.05, 4.69) is 27.7 Å². The first-order valence-electron chi connectivity index (χ1n) is 7.43.